The molecule has 2 amide bonds. The molecule has 5 rings (SSSR count). The van der Waals surface area contributed by atoms with E-state index in [0.717, 1.165) is 59.4 Å². The number of benzene rings is 1. The lowest BCUT2D eigenvalue weighted by Crippen LogP contribution is -2.25. The molecule has 1 aliphatic rings. The molecule has 0 spiro atoms. The van der Waals surface area contributed by atoms with Gasteiger partial charge in [0.15, 0.2) is 16.7 Å². The summed E-state index contributed by atoms with van der Waals surface area (Å²) in [5.74, 6) is -0.307. The van der Waals surface area contributed by atoms with Gasteiger partial charge in [0.05, 0.1) is 35.9 Å². The highest BCUT2D eigenvalue weighted by molar-refractivity contribution is 8.00. The Hall–Kier alpha value is -3.90. The fraction of sp³-hybridized carbons (Fsp3) is 0.387. The van der Waals surface area contributed by atoms with Crippen LogP contribution in [0.15, 0.2) is 46.2 Å². The molecule has 1 atom stereocenters. The largest absolute Gasteiger partial charge is 0.462 e. The van der Waals surface area contributed by atoms with Gasteiger partial charge < -0.3 is 19.8 Å². The molecule has 1 aromatic carbocycles. The predicted octanol–water partition coefficient (Wildman–Crippen LogP) is 6.03. The molecule has 0 fully saturated rings. The molecule has 2 N–H and O–H groups in total. The molecule has 10 nitrogen and oxygen atoms in total. The van der Waals surface area contributed by atoms with Gasteiger partial charge in [-0.25, -0.2) is 4.79 Å². The van der Waals surface area contributed by atoms with Crippen LogP contribution in [0.25, 0.3) is 5.69 Å². The Morgan fingerprint density at radius 1 is 1.12 bits per heavy atom. The van der Waals surface area contributed by atoms with Crippen LogP contribution < -0.4 is 10.6 Å². The minimum atomic E-state index is -0.574. The first-order valence-corrected chi connectivity index (χ1v) is 16.1. The second-order valence-electron chi connectivity index (χ2n) is 10.4. The fourth-order valence-corrected chi connectivity index (χ4v) is 7.20. The SMILES string of the molecule is CCOC(=O)c1c(NC(=O)[C@H](C)Sc2nnc(CNC(=O)c3ccco3)n2-c2cccc(C)c2C)sc2c1CCCCC2. The number of aryl methyl sites for hydroxylation is 2. The summed E-state index contributed by atoms with van der Waals surface area (Å²) in [6, 6.07) is 9.17. The lowest BCUT2D eigenvalue weighted by molar-refractivity contribution is -0.115. The third-order valence-corrected chi connectivity index (χ3v) is 9.71. The van der Waals surface area contributed by atoms with Crippen molar-refractivity contribution in [3.63, 3.8) is 0 Å². The maximum absolute atomic E-state index is 13.6. The number of amides is 2. The minimum Gasteiger partial charge on any atom is -0.462 e. The summed E-state index contributed by atoms with van der Waals surface area (Å²) < 4.78 is 12.5. The van der Waals surface area contributed by atoms with Crippen molar-refractivity contribution in [2.45, 2.75) is 76.8 Å². The maximum Gasteiger partial charge on any atom is 0.341 e. The number of esters is 1. The van der Waals surface area contributed by atoms with Crippen LogP contribution in [0.2, 0.25) is 0 Å². The monoisotopic (exact) mass is 621 g/mol. The Labute approximate surface area is 258 Å². The average Bonchev–Trinajstić information content (AvgIpc) is 3.70. The Bertz CT molecular complexity index is 1630. The van der Waals surface area contributed by atoms with E-state index >= 15 is 0 Å². The van der Waals surface area contributed by atoms with Crippen molar-refractivity contribution in [2.24, 2.45) is 0 Å². The van der Waals surface area contributed by atoms with Crippen molar-refractivity contribution < 1.29 is 23.5 Å². The number of nitrogens with one attached hydrogen (secondary N) is 2. The molecule has 0 saturated carbocycles. The molecule has 1 aliphatic carbocycles. The van der Waals surface area contributed by atoms with Gasteiger partial charge in [0.1, 0.15) is 5.00 Å². The van der Waals surface area contributed by atoms with Crippen LogP contribution in [0.3, 0.4) is 0 Å². The second-order valence-corrected chi connectivity index (χ2v) is 12.8. The van der Waals surface area contributed by atoms with Crippen molar-refractivity contribution in [1.29, 1.82) is 0 Å². The minimum absolute atomic E-state index is 0.102. The summed E-state index contributed by atoms with van der Waals surface area (Å²) in [4.78, 5) is 40.2. The molecule has 43 heavy (non-hydrogen) atoms. The van der Waals surface area contributed by atoms with Gasteiger partial charge in [0, 0.05) is 4.88 Å². The van der Waals surface area contributed by atoms with Gasteiger partial charge in [-0.1, -0.05) is 30.3 Å². The molecule has 3 aromatic heterocycles. The first kappa shape index (κ1) is 30.6. The number of hydrogen-bond acceptors (Lipinski definition) is 9. The zero-order valence-corrected chi connectivity index (χ0v) is 26.3. The molecular formula is C31H35N5O5S2. The van der Waals surface area contributed by atoms with Gasteiger partial charge in [0.2, 0.25) is 5.91 Å². The van der Waals surface area contributed by atoms with E-state index in [1.165, 1.54) is 29.4 Å². The number of fused-ring (bicyclic) bond motifs is 1. The molecule has 0 radical (unpaired) electrons. The zero-order valence-electron chi connectivity index (χ0n) is 24.7. The van der Waals surface area contributed by atoms with Crippen molar-refractivity contribution in [3.8, 4) is 5.69 Å². The van der Waals surface area contributed by atoms with E-state index in [0.29, 0.717) is 21.5 Å². The fourth-order valence-electron chi connectivity index (χ4n) is 5.04. The number of thioether (sulfide) groups is 1. The van der Waals surface area contributed by atoms with E-state index in [-0.39, 0.29) is 30.7 Å². The molecule has 0 unspecified atom stereocenters. The number of hydrogen-bond donors (Lipinski definition) is 2. The predicted molar refractivity (Wildman–Crippen MR) is 166 cm³/mol. The summed E-state index contributed by atoms with van der Waals surface area (Å²) in [6.45, 7) is 7.98. The highest BCUT2D eigenvalue weighted by Crippen LogP contribution is 2.38. The van der Waals surface area contributed by atoms with E-state index in [9.17, 15) is 14.4 Å². The number of anilines is 1. The highest BCUT2D eigenvalue weighted by Gasteiger charge is 2.29. The van der Waals surface area contributed by atoms with Gasteiger partial charge in [-0.3, -0.25) is 14.2 Å². The van der Waals surface area contributed by atoms with E-state index in [4.69, 9.17) is 9.15 Å². The zero-order chi connectivity index (χ0) is 30.5. The molecule has 226 valence electrons. The third kappa shape index (κ3) is 6.70. The number of nitrogens with zero attached hydrogens (tertiary/aromatic N) is 3. The topological polar surface area (TPSA) is 128 Å². The number of ether oxygens (including phenoxy) is 1. The molecule has 12 heteroatoms. The molecular weight excluding hydrogens is 587 g/mol. The van der Waals surface area contributed by atoms with Crippen LogP contribution in [0.1, 0.15) is 81.4 Å². The number of thiophene rings is 1. The number of rotatable bonds is 10. The van der Waals surface area contributed by atoms with E-state index in [1.807, 2.05) is 36.6 Å². The summed E-state index contributed by atoms with van der Waals surface area (Å²) in [5.41, 5.74) is 4.46. The molecule has 0 saturated heterocycles. The standard InChI is InChI=1S/C31H35N5O5S2/c1-5-40-30(39)26-21-12-7-6-8-15-24(21)43-29(26)33-27(37)20(4)42-31-35-34-25(17-32-28(38)23-14-10-16-41-23)36(31)22-13-9-11-18(2)19(22)3/h9-11,13-14,16,20H,5-8,12,15,17H2,1-4H3,(H,32,38)(H,33,37)/t20-/m0/s1. The van der Waals surface area contributed by atoms with Crippen LogP contribution in [0.4, 0.5) is 5.00 Å². The second kappa shape index (κ2) is 13.6. The van der Waals surface area contributed by atoms with Crippen LogP contribution in [-0.4, -0.2) is 44.4 Å². The summed E-state index contributed by atoms with van der Waals surface area (Å²) in [5, 5.41) is 15.1. The third-order valence-electron chi connectivity index (χ3n) is 7.46. The number of carbonyl (C=O) groups is 3. The van der Waals surface area contributed by atoms with E-state index < -0.39 is 11.2 Å². The number of aromatic nitrogens is 3. The smallest absolute Gasteiger partial charge is 0.341 e. The van der Waals surface area contributed by atoms with Crippen molar-refractivity contribution in [2.75, 3.05) is 11.9 Å². The lowest BCUT2D eigenvalue weighted by Gasteiger charge is -2.16. The average molecular weight is 622 g/mol. The van der Waals surface area contributed by atoms with Crippen molar-refractivity contribution >= 4 is 45.9 Å². The van der Waals surface area contributed by atoms with Gasteiger partial charge >= 0.3 is 5.97 Å². The Morgan fingerprint density at radius 2 is 1.93 bits per heavy atom. The Kier molecular flexibility index (Phi) is 9.66. The van der Waals surface area contributed by atoms with Gasteiger partial charge in [0.25, 0.3) is 5.91 Å². The van der Waals surface area contributed by atoms with E-state index in [2.05, 4.69) is 20.8 Å². The maximum atomic E-state index is 13.6. The normalized spacial score (nSPS) is 13.6. The first-order chi connectivity index (χ1) is 20.8. The molecule has 0 bridgehead atoms. The van der Waals surface area contributed by atoms with Gasteiger partial charge in [-0.15, -0.1) is 21.5 Å². The first-order valence-electron chi connectivity index (χ1n) is 14.4. The van der Waals surface area contributed by atoms with Crippen LogP contribution in [0.5, 0.6) is 0 Å². The summed E-state index contributed by atoms with van der Waals surface area (Å²) in [7, 11) is 0. The quantitative estimate of drug-likeness (QED) is 0.125. The summed E-state index contributed by atoms with van der Waals surface area (Å²) >= 11 is 2.73. The number of carbonyl (C=O) groups excluding carboxylic acids is 3. The van der Waals surface area contributed by atoms with E-state index in [1.54, 1.807) is 26.0 Å². The molecule has 4 aromatic rings. The van der Waals surface area contributed by atoms with Crippen molar-refractivity contribution in [1.82, 2.24) is 20.1 Å². The summed E-state index contributed by atoms with van der Waals surface area (Å²) in [6.07, 6.45) is 6.33. The number of furan rings is 1. The highest BCUT2D eigenvalue weighted by atomic mass is 32.2. The Morgan fingerprint density at radius 3 is 2.70 bits per heavy atom. The molecule has 3 heterocycles. The van der Waals surface area contributed by atoms with Crippen LogP contribution in [0, 0.1) is 13.8 Å². The van der Waals surface area contributed by atoms with Crippen LogP contribution >= 0.6 is 23.1 Å². The lowest BCUT2D eigenvalue weighted by atomic mass is 10.1. The van der Waals surface area contributed by atoms with Crippen LogP contribution in [-0.2, 0) is 28.9 Å². The van der Waals surface area contributed by atoms with Crippen molar-refractivity contribution in [3.05, 3.63) is 75.3 Å². The Balaban J connectivity index is 1.40. The van der Waals surface area contributed by atoms with Gasteiger partial charge in [-0.2, -0.15) is 0 Å². The van der Waals surface area contributed by atoms with Gasteiger partial charge in [-0.05, 0) is 88.3 Å². The molecule has 0 aliphatic heterocycles.